The van der Waals surface area contributed by atoms with E-state index in [9.17, 15) is 4.79 Å². The number of ether oxygens (including phenoxy) is 1. The summed E-state index contributed by atoms with van der Waals surface area (Å²) in [4.78, 5) is 11.2. The summed E-state index contributed by atoms with van der Waals surface area (Å²) >= 11 is 0. The lowest BCUT2D eigenvalue weighted by atomic mass is 9.99. The fraction of sp³-hybridized carbons (Fsp3) is 0.500. The van der Waals surface area contributed by atoms with Crippen LogP contribution in [0, 0.1) is 5.92 Å². The number of nitrogens with two attached hydrogens (primary N) is 2. The number of hydrogen-bond acceptors (Lipinski definition) is 4. The van der Waals surface area contributed by atoms with Crippen molar-refractivity contribution in [1.29, 1.82) is 0 Å². The molecule has 5 N–H and O–H groups in total. The predicted octanol–water partition coefficient (Wildman–Crippen LogP) is 1.59. The number of hydrogen-bond donors (Lipinski definition) is 3. The van der Waals surface area contributed by atoms with Crippen molar-refractivity contribution in [3.63, 3.8) is 0 Å². The number of benzene rings is 1. The Bertz CT molecular complexity index is 462. The third-order valence-corrected chi connectivity index (χ3v) is 3.64. The number of amides is 1. The topological polar surface area (TPSA) is 90.4 Å². The highest BCUT2D eigenvalue weighted by atomic mass is 16.5. The van der Waals surface area contributed by atoms with Gasteiger partial charge in [-0.2, -0.15) is 0 Å². The van der Waals surface area contributed by atoms with E-state index in [1.54, 1.807) is 18.2 Å². The first-order valence-electron chi connectivity index (χ1n) is 6.66. The highest BCUT2D eigenvalue weighted by Crippen LogP contribution is 2.26. The molecule has 2 rings (SSSR count). The first-order valence-corrected chi connectivity index (χ1v) is 6.66. The number of primary amides is 1. The lowest BCUT2D eigenvalue weighted by Gasteiger charge is -2.19. The highest BCUT2D eigenvalue weighted by molar-refractivity contribution is 5.94. The number of anilines is 2. The summed E-state index contributed by atoms with van der Waals surface area (Å²) in [5.41, 5.74) is 13.0. The number of carbonyl (C=O) groups excluding carboxylic acids is 1. The molecule has 0 saturated carbocycles. The second-order valence-corrected chi connectivity index (χ2v) is 4.91. The van der Waals surface area contributed by atoms with Crippen LogP contribution in [0.1, 0.15) is 30.1 Å². The molecule has 1 aliphatic rings. The van der Waals surface area contributed by atoms with Gasteiger partial charge in [0.25, 0.3) is 0 Å². The van der Waals surface area contributed by atoms with Crippen LogP contribution in [0.2, 0.25) is 0 Å². The van der Waals surface area contributed by atoms with Crippen molar-refractivity contribution in [2.75, 3.05) is 24.2 Å². The molecule has 2 atom stereocenters. The molecule has 0 aliphatic carbocycles. The van der Waals surface area contributed by atoms with Gasteiger partial charge in [-0.1, -0.05) is 6.92 Å². The minimum absolute atomic E-state index is 0.313. The van der Waals surface area contributed by atoms with Crippen molar-refractivity contribution in [2.24, 2.45) is 11.7 Å². The van der Waals surface area contributed by atoms with Gasteiger partial charge in [0.1, 0.15) is 0 Å². The van der Waals surface area contributed by atoms with Crippen LogP contribution in [-0.2, 0) is 4.74 Å². The summed E-state index contributed by atoms with van der Waals surface area (Å²) in [6.07, 6.45) is 2.39. The van der Waals surface area contributed by atoms with Gasteiger partial charge in [-0.05, 0) is 31.0 Å². The van der Waals surface area contributed by atoms with Crippen molar-refractivity contribution in [3.8, 4) is 0 Å². The maximum atomic E-state index is 11.2. The van der Waals surface area contributed by atoms with Crippen LogP contribution < -0.4 is 16.8 Å². The Labute approximate surface area is 113 Å². The minimum Gasteiger partial charge on any atom is -0.397 e. The summed E-state index contributed by atoms with van der Waals surface area (Å²) in [7, 11) is 0. The van der Waals surface area contributed by atoms with Crippen molar-refractivity contribution in [2.45, 2.75) is 25.9 Å². The number of rotatable bonds is 5. The lowest BCUT2D eigenvalue weighted by molar-refractivity contribution is 0.0900. The van der Waals surface area contributed by atoms with Crippen molar-refractivity contribution >= 4 is 17.3 Å². The van der Waals surface area contributed by atoms with E-state index in [1.165, 1.54) is 0 Å². The molecule has 1 fully saturated rings. The van der Waals surface area contributed by atoms with E-state index < -0.39 is 5.91 Å². The zero-order chi connectivity index (χ0) is 13.8. The Balaban J connectivity index is 2.02. The molecule has 0 spiro atoms. The Morgan fingerprint density at radius 3 is 3.00 bits per heavy atom. The molecule has 1 heterocycles. The normalized spacial score (nSPS) is 22.4. The maximum Gasteiger partial charge on any atom is 0.248 e. The molecule has 1 aromatic carbocycles. The van der Waals surface area contributed by atoms with Gasteiger partial charge in [0.15, 0.2) is 0 Å². The van der Waals surface area contributed by atoms with E-state index in [4.69, 9.17) is 16.2 Å². The summed E-state index contributed by atoms with van der Waals surface area (Å²) < 4.78 is 5.65. The number of carbonyl (C=O) groups is 1. The third-order valence-electron chi connectivity index (χ3n) is 3.64. The predicted molar refractivity (Wildman–Crippen MR) is 76.0 cm³/mol. The molecular formula is C14H21N3O2. The molecule has 5 heteroatoms. The molecule has 1 aliphatic heterocycles. The number of nitrogen functional groups attached to an aromatic ring is 1. The molecule has 2 unspecified atom stereocenters. The van der Waals surface area contributed by atoms with Crippen LogP contribution in [0.25, 0.3) is 0 Å². The molecule has 104 valence electrons. The summed E-state index contributed by atoms with van der Waals surface area (Å²) in [6, 6.07) is 5.04. The monoisotopic (exact) mass is 263 g/mol. The Morgan fingerprint density at radius 2 is 2.32 bits per heavy atom. The Kier molecular flexibility index (Phi) is 4.27. The summed E-state index contributed by atoms with van der Waals surface area (Å²) in [6.45, 7) is 3.75. The first-order chi connectivity index (χ1) is 9.11. The standard InChI is InChI=1S/C14H21N3O2/c1-2-13-10(5-6-19-13)8-17-12-7-9(14(16)18)3-4-11(12)15/h3-4,7,10,13,17H,2,5-6,8,15H2,1H3,(H2,16,18). The highest BCUT2D eigenvalue weighted by Gasteiger charge is 2.26. The van der Waals surface area contributed by atoms with Gasteiger partial charge in [-0.25, -0.2) is 0 Å². The van der Waals surface area contributed by atoms with Crippen LogP contribution in [0.15, 0.2) is 18.2 Å². The van der Waals surface area contributed by atoms with Crippen molar-refractivity contribution in [3.05, 3.63) is 23.8 Å². The minimum atomic E-state index is -0.446. The molecular weight excluding hydrogens is 242 g/mol. The SMILES string of the molecule is CCC1OCCC1CNc1cc(C(N)=O)ccc1N. The van der Waals surface area contributed by atoms with E-state index in [2.05, 4.69) is 12.2 Å². The second-order valence-electron chi connectivity index (χ2n) is 4.91. The average molecular weight is 263 g/mol. The summed E-state index contributed by atoms with van der Waals surface area (Å²) in [5.74, 6) is 0.0420. The van der Waals surface area contributed by atoms with Crippen LogP contribution in [0.4, 0.5) is 11.4 Å². The Morgan fingerprint density at radius 1 is 1.53 bits per heavy atom. The van der Waals surface area contributed by atoms with E-state index in [1.807, 2.05) is 0 Å². The zero-order valence-corrected chi connectivity index (χ0v) is 11.2. The molecule has 5 nitrogen and oxygen atoms in total. The maximum absolute atomic E-state index is 11.2. The van der Waals surface area contributed by atoms with Gasteiger partial charge in [0.05, 0.1) is 17.5 Å². The first kappa shape index (κ1) is 13.7. The fourth-order valence-electron chi connectivity index (χ4n) is 2.48. The second kappa shape index (κ2) is 5.93. The van der Waals surface area contributed by atoms with Crippen LogP contribution in [0.3, 0.4) is 0 Å². The van der Waals surface area contributed by atoms with E-state index in [-0.39, 0.29) is 0 Å². The molecule has 19 heavy (non-hydrogen) atoms. The van der Waals surface area contributed by atoms with Crippen molar-refractivity contribution < 1.29 is 9.53 Å². The van der Waals surface area contributed by atoms with Gasteiger partial charge in [-0.3, -0.25) is 4.79 Å². The van der Waals surface area contributed by atoms with Gasteiger partial charge >= 0.3 is 0 Å². The van der Waals surface area contributed by atoms with Gasteiger partial charge < -0.3 is 21.5 Å². The third kappa shape index (κ3) is 3.17. The summed E-state index contributed by atoms with van der Waals surface area (Å²) in [5, 5.41) is 3.30. The number of nitrogens with one attached hydrogen (secondary N) is 1. The van der Waals surface area contributed by atoms with Crippen LogP contribution >= 0.6 is 0 Å². The largest absolute Gasteiger partial charge is 0.397 e. The average Bonchev–Trinajstić information content (AvgIpc) is 2.85. The fourth-order valence-corrected chi connectivity index (χ4v) is 2.48. The molecule has 1 saturated heterocycles. The van der Waals surface area contributed by atoms with Gasteiger partial charge in [-0.15, -0.1) is 0 Å². The van der Waals surface area contributed by atoms with E-state index in [0.29, 0.717) is 23.3 Å². The quantitative estimate of drug-likeness (QED) is 0.704. The van der Waals surface area contributed by atoms with E-state index in [0.717, 1.165) is 31.7 Å². The van der Waals surface area contributed by atoms with Gasteiger partial charge in [0, 0.05) is 24.6 Å². The molecule has 0 aromatic heterocycles. The molecule has 0 bridgehead atoms. The molecule has 1 amide bonds. The van der Waals surface area contributed by atoms with Crippen LogP contribution in [-0.4, -0.2) is 25.2 Å². The lowest BCUT2D eigenvalue weighted by Crippen LogP contribution is -2.23. The van der Waals surface area contributed by atoms with E-state index >= 15 is 0 Å². The molecule has 0 radical (unpaired) electrons. The zero-order valence-electron chi connectivity index (χ0n) is 11.2. The smallest absolute Gasteiger partial charge is 0.248 e. The molecule has 1 aromatic rings. The Hall–Kier alpha value is -1.75. The van der Waals surface area contributed by atoms with Crippen molar-refractivity contribution in [1.82, 2.24) is 0 Å². The van der Waals surface area contributed by atoms with Gasteiger partial charge in [0.2, 0.25) is 5.91 Å². The van der Waals surface area contributed by atoms with Crippen LogP contribution in [0.5, 0.6) is 0 Å².